The molecule has 0 aliphatic carbocycles. The van der Waals surface area contributed by atoms with Crippen molar-refractivity contribution < 1.29 is 19.6 Å². The van der Waals surface area contributed by atoms with Crippen molar-refractivity contribution in [2.75, 3.05) is 13.1 Å². The quantitative estimate of drug-likeness (QED) is 0.252. The van der Waals surface area contributed by atoms with Gasteiger partial charge in [0.1, 0.15) is 11.1 Å². The lowest BCUT2D eigenvalue weighted by Crippen LogP contribution is -2.64. The Hall–Kier alpha value is -2.50. The third kappa shape index (κ3) is 4.24. The van der Waals surface area contributed by atoms with Gasteiger partial charge in [-0.05, 0) is 28.7 Å². The first-order valence-corrected chi connectivity index (χ1v) is 14.6. The molecule has 0 unspecified atom stereocenters. The number of nitrogens with zero attached hydrogens (tertiary/aromatic N) is 2. The van der Waals surface area contributed by atoms with E-state index in [4.69, 9.17) is 0 Å². The van der Waals surface area contributed by atoms with Crippen molar-refractivity contribution >= 4 is 17.1 Å². The average molecular weight is 533 g/mol. The van der Waals surface area contributed by atoms with Crippen LogP contribution < -0.4 is 0 Å². The van der Waals surface area contributed by atoms with Crippen LogP contribution in [0.15, 0.2) is 121 Å². The molecule has 0 atom stereocenters. The van der Waals surface area contributed by atoms with E-state index in [1.807, 2.05) is 121 Å². The first-order valence-electron chi connectivity index (χ1n) is 12.2. The smallest absolute Gasteiger partial charge is 0.254 e. The predicted octanol–water partition coefficient (Wildman–Crippen LogP) is 5.30. The maximum atomic E-state index is 11.1. The summed E-state index contributed by atoms with van der Waals surface area (Å²) in [6, 6.07) is 39.1. The van der Waals surface area contributed by atoms with E-state index in [1.165, 1.54) is 0 Å². The lowest BCUT2D eigenvalue weighted by Gasteiger charge is -2.59. The van der Waals surface area contributed by atoms with Crippen LogP contribution in [0.1, 0.15) is 28.7 Å². The van der Waals surface area contributed by atoms with E-state index < -0.39 is 28.1 Å². The standard InChI is InChI=1S/C29H30N2O4P2/c32-36(33)30-22-13-23-31(37(34)35)29(26-18-9-3-10-19-26,27-20-11-4-12-21-27)28(30,24-14-5-1-6-15-24)25-16-7-2-8-17-25/h1-12,14-21,32-35H,13,22-23H2. The van der Waals surface area contributed by atoms with Gasteiger partial charge in [0.05, 0.1) is 0 Å². The van der Waals surface area contributed by atoms with Gasteiger partial charge in [0.25, 0.3) is 17.1 Å². The van der Waals surface area contributed by atoms with Crippen LogP contribution in [0.3, 0.4) is 0 Å². The van der Waals surface area contributed by atoms with Gasteiger partial charge in [-0.1, -0.05) is 121 Å². The van der Waals surface area contributed by atoms with E-state index >= 15 is 0 Å². The van der Waals surface area contributed by atoms with Gasteiger partial charge in [0.2, 0.25) is 0 Å². The Morgan fingerprint density at radius 3 is 0.892 bits per heavy atom. The summed E-state index contributed by atoms with van der Waals surface area (Å²) in [7, 11) is -5.20. The van der Waals surface area contributed by atoms with E-state index in [9.17, 15) is 19.6 Å². The summed E-state index contributed by atoms with van der Waals surface area (Å²) in [6.07, 6.45) is 0.503. The maximum absolute atomic E-state index is 11.1. The monoisotopic (exact) mass is 532 g/mol. The van der Waals surface area contributed by atoms with Crippen molar-refractivity contribution in [2.24, 2.45) is 0 Å². The van der Waals surface area contributed by atoms with Gasteiger partial charge >= 0.3 is 0 Å². The largest absolute Gasteiger partial charge is 0.338 e. The number of rotatable bonds is 6. The summed E-state index contributed by atoms with van der Waals surface area (Å²) in [6.45, 7) is 0.674. The van der Waals surface area contributed by atoms with Crippen molar-refractivity contribution in [2.45, 2.75) is 17.5 Å². The Morgan fingerprint density at radius 2 is 0.676 bits per heavy atom. The molecule has 4 aromatic carbocycles. The fourth-order valence-corrected chi connectivity index (χ4v) is 7.94. The van der Waals surface area contributed by atoms with E-state index in [0.29, 0.717) is 19.5 Å². The third-order valence-corrected chi connectivity index (χ3v) is 9.10. The summed E-state index contributed by atoms with van der Waals surface area (Å²) >= 11 is 0. The Bertz CT molecular complexity index is 1100. The Kier molecular flexibility index (Phi) is 7.83. The third-order valence-electron chi connectivity index (χ3n) is 7.24. The molecule has 37 heavy (non-hydrogen) atoms. The minimum absolute atomic E-state index is 0.337. The first kappa shape index (κ1) is 26.1. The van der Waals surface area contributed by atoms with Crippen LogP contribution in [-0.2, 0) is 11.1 Å². The van der Waals surface area contributed by atoms with Crippen molar-refractivity contribution in [3.63, 3.8) is 0 Å². The van der Waals surface area contributed by atoms with Crippen molar-refractivity contribution in [1.29, 1.82) is 0 Å². The highest BCUT2D eigenvalue weighted by atomic mass is 31.2. The molecule has 0 bridgehead atoms. The molecule has 1 fully saturated rings. The molecule has 0 aromatic heterocycles. The summed E-state index contributed by atoms with van der Waals surface area (Å²) in [5.74, 6) is 0. The summed E-state index contributed by atoms with van der Waals surface area (Å²) in [5.41, 5.74) is 0.745. The zero-order valence-corrected chi connectivity index (χ0v) is 22.0. The minimum atomic E-state index is -2.60. The molecule has 6 nitrogen and oxygen atoms in total. The van der Waals surface area contributed by atoms with Crippen LogP contribution in [0.2, 0.25) is 0 Å². The minimum Gasteiger partial charge on any atom is -0.338 e. The normalized spacial score (nSPS) is 18.1. The number of hydrogen-bond acceptors (Lipinski definition) is 6. The fraction of sp³-hybridized carbons (Fsp3) is 0.172. The Labute approximate surface area is 220 Å². The topological polar surface area (TPSA) is 87.4 Å². The number of benzene rings is 4. The van der Waals surface area contributed by atoms with Crippen molar-refractivity contribution in [3.8, 4) is 0 Å². The highest BCUT2D eigenvalue weighted by Gasteiger charge is 2.65. The van der Waals surface area contributed by atoms with E-state index in [-0.39, 0.29) is 0 Å². The number of hydrogen-bond donors (Lipinski definition) is 4. The zero-order valence-electron chi connectivity index (χ0n) is 20.2. The maximum Gasteiger partial charge on any atom is 0.254 e. The van der Waals surface area contributed by atoms with Gasteiger partial charge in [-0.25, -0.2) is 9.34 Å². The van der Waals surface area contributed by atoms with Gasteiger partial charge in [-0.2, -0.15) is 0 Å². The van der Waals surface area contributed by atoms with E-state index in [2.05, 4.69) is 0 Å². The van der Waals surface area contributed by atoms with Gasteiger partial charge in [0, 0.05) is 13.1 Å². The van der Waals surface area contributed by atoms with E-state index in [0.717, 1.165) is 22.3 Å². The van der Waals surface area contributed by atoms with Crippen molar-refractivity contribution in [3.05, 3.63) is 144 Å². The van der Waals surface area contributed by atoms with Gasteiger partial charge in [0.15, 0.2) is 0 Å². The highest BCUT2D eigenvalue weighted by molar-refractivity contribution is 7.42. The molecular formula is C29H30N2O4P2. The molecule has 0 amide bonds. The fourth-order valence-electron chi connectivity index (χ4n) is 6.01. The molecule has 1 saturated heterocycles. The predicted molar refractivity (Wildman–Crippen MR) is 148 cm³/mol. The van der Waals surface area contributed by atoms with Crippen LogP contribution in [0, 0.1) is 0 Å². The Morgan fingerprint density at radius 1 is 0.432 bits per heavy atom. The highest BCUT2D eigenvalue weighted by Crippen LogP contribution is 2.65. The van der Waals surface area contributed by atoms with E-state index in [1.54, 1.807) is 9.34 Å². The lowest BCUT2D eigenvalue weighted by molar-refractivity contribution is 0.0609. The molecule has 0 radical (unpaired) electrons. The average Bonchev–Trinajstić information content (AvgIpc) is 3.11. The molecule has 5 rings (SSSR count). The molecule has 1 aliphatic rings. The SMILES string of the molecule is OP(O)N1CCCN(P(O)O)C(c2ccccc2)(c2ccccc2)C1(c1ccccc1)c1ccccc1. The molecule has 4 aromatic rings. The lowest BCUT2D eigenvalue weighted by atomic mass is 9.61. The van der Waals surface area contributed by atoms with Crippen LogP contribution in [0.25, 0.3) is 0 Å². The molecule has 0 saturated carbocycles. The summed E-state index contributed by atoms with van der Waals surface area (Å²) in [4.78, 5) is 44.5. The van der Waals surface area contributed by atoms with Gasteiger partial charge in [-0.3, -0.25) is 0 Å². The molecule has 4 N–H and O–H groups in total. The van der Waals surface area contributed by atoms with Gasteiger partial charge in [-0.15, -0.1) is 0 Å². The second-order valence-corrected chi connectivity index (χ2v) is 11.1. The first-order chi connectivity index (χ1) is 18.0. The summed E-state index contributed by atoms with van der Waals surface area (Å²) < 4.78 is 3.51. The van der Waals surface area contributed by atoms with Crippen LogP contribution >= 0.6 is 17.1 Å². The van der Waals surface area contributed by atoms with Crippen LogP contribution in [-0.4, -0.2) is 42.0 Å². The zero-order chi connectivity index (χ0) is 25.9. The van der Waals surface area contributed by atoms with Gasteiger partial charge < -0.3 is 19.6 Å². The second-order valence-electron chi connectivity index (χ2n) is 9.02. The Balaban J connectivity index is 2.08. The molecule has 8 heteroatoms. The van der Waals surface area contributed by atoms with Crippen LogP contribution in [0.5, 0.6) is 0 Å². The van der Waals surface area contributed by atoms with Crippen molar-refractivity contribution in [1.82, 2.24) is 9.34 Å². The molecular weight excluding hydrogens is 502 g/mol. The second kappa shape index (κ2) is 11.1. The molecule has 1 heterocycles. The molecule has 1 aliphatic heterocycles. The van der Waals surface area contributed by atoms with Crippen LogP contribution in [0.4, 0.5) is 0 Å². The summed E-state index contributed by atoms with van der Waals surface area (Å²) in [5, 5.41) is 0. The molecule has 0 spiro atoms. The molecule has 190 valence electrons.